The molecule has 5 nitrogen and oxygen atoms in total. The minimum atomic E-state index is -1.20. The Morgan fingerprint density at radius 3 is 2.89 bits per heavy atom. The van der Waals surface area contributed by atoms with Gasteiger partial charge in [-0.15, -0.1) is 0 Å². The van der Waals surface area contributed by atoms with Gasteiger partial charge in [-0.3, -0.25) is 10.1 Å². The van der Waals surface area contributed by atoms with E-state index in [4.69, 9.17) is 0 Å². The van der Waals surface area contributed by atoms with E-state index in [1.165, 1.54) is 0 Å². The van der Waals surface area contributed by atoms with Crippen molar-refractivity contribution in [3.63, 3.8) is 0 Å². The molecule has 0 aliphatic carbocycles. The predicted octanol–water partition coefficient (Wildman–Crippen LogP) is 2.43. The smallest absolute Gasteiger partial charge is 0.295 e. The summed E-state index contributed by atoms with van der Waals surface area (Å²) in [7, 11) is 0. The molecule has 104 valence electrons. The monoisotopic (exact) mass is 271 g/mol. The number of nitro groups is 1. The normalized spacial score (nSPS) is 18.5. The molecular formula is C12H15F2N3O2. The highest BCUT2D eigenvalue weighted by atomic mass is 19.2. The Balaban J connectivity index is 2.05. The maximum Gasteiger partial charge on any atom is 0.295 e. The van der Waals surface area contributed by atoms with E-state index >= 15 is 0 Å². The summed E-state index contributed by atoms with van der Waals surface area (Å²) in [6, 6.07) is 2.06. The van der Waals surface area contributed by atoms with Gasteiger partial charge in [-0.25, -0.2) is 8.78 Å². The Kier molecular flexibility index (Phi) is 4.26. The summed E-state index contributed by atoms with van der Waals surface area (Å²) in [4.78, 5) is 10.0. The third-order valence-electron chi connectivity index (χ3n) is 3.23. The van der Waals surface area contributed by atoms with Crippen molar-refractivity contribution in [2.75, 3.05) is 18.4 Å². The molecule has 0 saturated carbocycles. The van der Waals surface area contributed by atoms with Crippen molar-refractivity contribution in [1.29, 1.82) is 0 Å². The second-order valence-corrected chi connectivity index (χ2v) is 4.52. The molecule has 1 atom stereocenters. The topological polar surface area (TPSA) is 67.2 Å². The van der Waals surface area contributed by atoms with E-state index in [2.05, 4.69) is 10.6 Å². The number of nitro benzene ring substituents is 1. The second kappa shape index (κ2) is 5.92. The average Bonchev–Trinajstić information content (AvgIpc) is 2.87. The van der Waals surface area contributed by atoms with Gasteiger partial charge in [0.2, 0.25) is 0 Å². The zero-order valence-corrected chi connectivity index (χ0v) is 10.3. The van der Waals surface area contributed by atoms with Crippen molar-refractivity contribution in [3.05, 3.63) is 33.9 Å². The van der Waals surface area contributed by atoms with Crippen molar-refractivity contribution >= 4 is 11.4 Å². The van der Waals surface area contributed by atoms with E-state index < -0.39 is 22.2 Å². The number of hydrogen-bond acceptors (Lipinski definition) is 4. The van der Waals surface area contributed by atoms with Crippen LogP contribution in [-0.2, 0) is 0 Å². The van der Waals surface area contributed by atoms with Gasteiger partial charge in [-0.1, -0.05) is 0 Å². The molecular weight excluding hydrogens is 256 g/mol. The number of hydrogen-bond donors (Lipinski definition) is 2. The molecule has 1 fully saturated rings. The largest absolute Gasteiger partial charge is 0.377 e. The lowest BCUT2D eigenvalue weighted by Gasteiger charge is -2.12. The lowest BCUT2D eigenvalue weighted by molar-refractivity contribution is -0.384. The van der Waals surface area contributed by atoms with Crippen LogP contribution >= 0.6 is 0 Å². The first-order valence-electron chi connectivity index (χ1n) is 6.19. The van der Waals surface area contributed by atoms with Gasteiger partial charge in [0.15, 0.2) is 17.3 Å². The third kappa shape index (κ3) is 3.17. The van der Waals surface area contributed by atoms with Crippen LogP contribution in [0, 0.1) is 21.7 Å². The highest BCUT2D eigenvalue weighted by Crippen LogP contribution is 2.29. The molecule has 0 bridgehead atoms. The van der Waals surface area contributed by atoms with Crippen molar-refractivity contribution in [3.8, 4) is 0 Å². The van der Waals surface area contributed by atoms with Gasteiger partial charge in [0, 0.05) is 18.7 Å². The van der Waals surface area contributed by atoms with Crippen LogP contribution in [0.4, 0.5) is 20.2 Å². The number of benzene rings is 1. The maximum absolute atomic E-state index is 13.6. The van der Waals surface area contributed by atoms with Crippen molar-refractivity contribution < 1.29 is 13.7 Å². The summed E-state index contributed by atoms with van der Waals surface area (Å²) >= 11 is 0. The van der Waals surface area contributed by atoms with Gasteiger partial charge in [0.1, 0.15) is 0 Å². The Morgan fingerprint density at radius 1 is 1.47 bits per heavy atom. The fourth-order valence-electron chi connectivity index (χ4n) is 2.24. The molecule has 1 aliphatic heterocycles. The Hall–Kier alpha value is -1.76. The van der Waals surface area contributed by atoms with Crippen LogP contribution in [-0.4, -0.2) is 24.1 Å². The molecule has 1 aliphatic rings. The van der Waals surface area contributed by atoms with Crippen molar-refractivity contribution in [1.82, 2.24) is 5.32 Å². The Bertz CT molecular complexity index is 476. The predicted molar refractivity (Wildman–Crippen MR) is 67.1 cm³/mol. The van der Waals surface area contributed by atoms with Crippen LogP contribution < -0.4 is 10.6 Å². The zero-order valence-electron chi connectivity index (χ0n) is 10.3. The lowest BCUT2D eigenvalue weighted by Crippen LogP contribution is -2.24. The second-order valence-electron chi connectivity index (χ2n) is 4.52. The summed E-state index contributed by atoms with van der Waals surface area (Å²) in [5.74, 6) is -2.29. The van der Waals surface area contributed by atoms with E-state index in [0.717, 1.165) is 31.5 Å². The first-order chi connectivity index (χ1) is 9.09. The number of nitrogens with one attached hydrogen (secondary N) is 2. The molecule has 1 aromatic rings. The van der Waals surface area contributed by atoms with Crippen LogP contribution in [0.15, 0.2) is 12.1 Å². The number of halogens is 2. The van der Waals surface area contributed by atoms with Crippen LogP contribution in [0.2, 0.25) is 0 Å². The number of anilines is 1. The first kappa shape index (κ1) is 13.7. The maximum atomic E-state index is 13.6. The van der Waals surface area contributed by atoms with Crippen molar-refractivity contribution in [2.24, 2.45) is 0 Å². The molecule has 19 heavy (non-hydrogen) atoms. The van der Waals surface area contributed by atoms with E-state index in [-0.39, 0.29) is 5.69 Å². The van der Waals surface area contributed by atoms with Gasteiger partial charge < -0.3 is 10.6 Å². The van der Waals surface area contributed by atoms with Crippen molar-refractivity contribution in [2.45, 2.75) is 25.3 Å². The van der Waals surface area contributed by atoms with Gasteiger partial charge in [0.05, 0.1) is 4.92 Å². The molecule has 7 heteroatoms. The number of rotatable bonds is 5. The van der Waals surface area contributed by atoms with Crippen LogP contribution in [0.3, 0.4) is 0 Å². The molecule has 1 aromatic carbocycles. The average molecular weight is 271 g/mol. The highest BCUT2D eigenvalue weighted by Gasteiger charge is 2.21. The van der Waals surface area contributed by atoms with E-state index in [1.54, 1.807) is 0 Å². The molecule has 1 saturated heterocycles. The third-order valence-corrected chi connectivity index (χ3v) is 3.23. The Labute approximate surface area is 109 Å². The molecule has 2 rings (SSSR count). The van der Waals surface area contributed by atoms with Crippen LogP contribution in [0.5, 0.6) is 0 Å². The van der Waals surface area contributed by atoms with Gasteiger partial charge >= 0.3 is 0 Å². The highest BCUT2D eigenvalue weighted by molar-refractivity contribution is 5.62. The summed E-state index contributed by atoms with van der Waals surface area (Å²) in [5, 5.41) is 16.7. The molecule has 2 N–H and O–H groups in total. The molecule has 0 aromatic heterocycles. The van der Waals surface area contributed by atoms with E-state index in [1.807, 2.05) is 0 Å². The molecule has 0 spiro atoms. The fourth-order valence-corrected chi connectivity index (χ4v) is 2.24. The van der Waals surface area contributed by atoms with Crippen LogP contribution in [0.25, 0.3) is 0 Å². The quantitative estimate of drug-likeness (QED) is 0.637. The minimum absolute atomic E-state index is 0.336. The minimum Gasteiger partial charge on any atom is -0.377 e. The standard InChI is InChI=1S/C12H15F2N3O2/c13-9-3-4-10(17(18)19)12(11(9)14)16-7-5-8-2-1-6-15-8/h3-4,8,15-16H,1-2,5-7H2/t8-/m1/s1. The van der Waals surface area contributed by atoms with Gasteiger partial charge in [-0.05, 0) is 31.9 Å². The molecule has 0 amide bonds. The summed E-state index contributed by atoms with van der Waals surface area (Å²) in [5.41, 5.74) is -0.818. The first-order valence-corrected chi connectivity index (χ1v) is 6.19. The lowest BCUT2D eigenvalue weighted by atomic mass is 10.1. The van der Waals surface area contributed by atoms with E-state index in [9.17, 15) is 18.9 Å². The Morgan fingerprint density at radius 2 is 2.26 bits per heavy atom. The summed E-state index contributed by atoms with van der Waals surface area (Å²) in [6.07, 6.45) is 2.85. The zero-order chi connectivity index (χ0) is 13.8. The summed E-state index contributed by atoms with van der Waals surface area (Å²) < 4.78 is 26.7. The summed E-state index contributed by atoms with van der Waals surface area (Å²) in [6.45, 7) is 1.32. The van der Waals surface area contributed by atoms with E-state index in [0.29, 0.717) is 19.0 Å². The molecule has 0 radical (unpaired) electrons. The van der Waals surface area contributed by atoms with Gasteiger partial charge in [0.25, 0.3) is 5.69 Å². The molecule has 0 unspecified atom stereocenters. The van der Waals surface area contributed by atoms with Gasteiger partial charge in [-0.2, -0.15) is 0 Å². The fraction of sp³-hybridized carbons (Fsp3) is 0.500. The number of nitrogens with zero attached hydrogens (tertiary/aromatic N) is 1. The SMILES string of the molecule is O=[N+]([O-])c1ccc(F)c(F)c1NCC[C@H]1CCCN1. The molecule has 1 heterocycles. The van der Waals surface area contributed by atoms with Crippen LogP contribution in [0.1, 0.15) is 19.3 Å².